The van der Waals surface area contributed by atoms with Crippen LogP contribution < -0.4 is 4.72 Å². The van der Waals surface area contributed by atoms with Crippen LogP contribution in [0.4, 0.5) is 9.18 Å². The van der Waals surface area contributed by atoms with E-state index in [-0.39, 0.29) is 11.3 Å². The van der Waals surface area contributed by atoms with Crippen LogP contribution in [0.5, 0.6) is 0 Å². The molecular weight excluding hydrogens is 307 g/mol. The van der Waals surface area contributed by atoms with E-state index < -0.39 is 34.0 Å². The Morgan fingerprint density at radius 1 is 1.36 bits per heavy atom. The van der Waals surface area contributed by atoms with Gasteiger partial charge in [0.2, 0.25) is 0 Å². The van der Waals surface area contributed by atoms with E-state index in [2.05, 4.69) is 4.72 Å². The van der Waals surface area contributed by atoms with E-state index in [4.69, 9.17) is 5.11 Å². The van der Waals surface area contributed by atoms with Gasteiger partial charge < -0.3 is 10.0 Å². The average Bonchev–Trinajstić information content (AvgIpc) is 2.63. The molecule has 0 aromatic rings. The van der Waals surface area contributed by atoms with Crippen molar-refractivity contribution in [2.45, 2.75) is 63.9 Å². The Hall–Kier alpha value is -0.690. The number of nitrogens with zero attached hydrogens (tertiary/aromatic N) is 1. The molecule has 1 heterocycles. The van der Waals surface area contributed by atoms with E-state index >= 15 is 0 Å². The topological polar surface area (TPSA) is 69.6 Å². The first-order valence-electron chi connectivity index (χ1n) is 7.87. The van der Waals surface area contributed by atoms with Crippen LogP contribution in [-0.2, 0) is 11.0 Å². The number of amides is 1. The van der Waals surface area contributed by atoms with Gasteiger partial charge in [-0.05, 0) is 51.4 Å². The number of hydrogen-bond donors (Lipinski definition) is 2. The van der Waals surface area contributed by atoms with Crippen molar-refractivity contribution in [1.82, 2.24) is 9.62 Å². The molecule has 22 heavy (non-hydrogen) atoms. The molecule has 1 unspecified atom stereocenters. The standard InChI is InChI=1S/C15H27FN2O3S/c1-10-9-15(5-7-18(8-6-15)13(19)20)12(11(10)16)17-22(21)14(2,3)4/h10-12,17H,5-9H2,1-4H3,(H,19,20)/t10-,11-,12-,22?/m1/s1. The van der Waals surface area contributed by atoms with Gasteiger partial charge in [0.05, 0.1) is 21.8 Å². The molecule has 2 N–H and O–H groups in total. The van der Waals surface area contributed by atoms with Gasteiger partial charge in [-0.25, -0.2) is 18.1 Å². The van der Waals surface area contributed by atoms with Crippen LogP contribution in [0.3, 0.4) is 0 Å². The summed E-state index contributed by atoms with van der Waals surface area (Å²) in [5.41, 5.74) is -0.286. The zero-order chi connectivity index (χ0) is 16.7. The third kappa shape index (κ3) is 3.30. The first kappa shape index (κ1) is 17.7. The van der Waals surface area contributed by atoms with Crippen molar-refractivity contribution in [3.8, 4) is 0 Å². The molecule has 1 saturated carbocycles. The van der Waals surface area contributed by atoms with Gasteiger partial charge in [0.25, 0.3) is 0 Å². The number of piperidine rings is 1. The zero-order valence-corrected chi connectivity index (χ0v) is 14.6. The average molecular weight is 334 g/mol. The Morgan fingerprint density at radius 3 is 2.36 bits per heavy atom. The zero-order valence-electron chi connectivity index (χ0n) is 13.8. The van der Waals surface area contributed by atoms with Crippen molar-refractivity contribution in [1.29, 1.82) is 0 Å². The summed E-state index contributed by atoms with van der Waals surface area (Å²) in [6.45, 7) is 8.33. The molecule has 2 fully saturated rings. The highest BCUT2D eigenvalue weighted by molar-refractivity contribution is 7.84. The van der Waals surface area contributed by atoms with E-state index in [0.29, 0.717) is 25.9 Å². The lowest BCUT2D eigenvalue weighted by molar-refractivity contribution is 0.0731. The fraction of sp³-hybridized carbons (Fsp3) is 0.933. The second-order valence-electron chi connectivity index (χ2n) is 7.73. The Morgan fingerprint density at radius 2 is 1.91 bits per heavy atom. The maximum atomic E-state index is 14.7. The van der Waals surface area contributed by atoms with Gasteiger partial charge in [-0.15, -0.1) is 0 Å². The summed E-state index contributed by atoms with van der Waals surface area (Å²) < 4.78 is 29.7. The van der Waals surface area contributed by atoms with Gasteiger partial charge in [0.15, 0.2) is 0 Å². The number of carboxylic acid groups (broad SMARTS) is 1. The number of rotatable bonds is 2. The highest BCUT2D eigenvalue weighted by atomic mass is 32.2. The third-order valence-corrected chi connectivity index (χ3v) is 6.65. The van der Waals surface area contributed by atoms with Gasteiger partial charge in [-0.2, -0.15) is 0 Å². The molecular formula is C15H27FN2O3S. The lowest BCUT2D eigenvalue weighted by Gasteiger charge is -2.43. The highest BCUT2D eigenvalue weighted by Gasteiger charge is 2.54. The molecule has 128 valence electrons. The van der Waals surface area contributed by atoms with Crippen LogP contribution in [0.15, 0.2) is 0 Å². The second kappa shape index (κ2) is 6.07. The van der Waals surface area contributed by atoms with Crippen LogP contribution in [0.2, 0.25) is 0 Å². The Labute approximate surface area is 134 Å². The summed E-state index contributed by atoms with van der Waals surface area (Å²) >= 11 is 0. The molecule has 7 heteroatoms. The Kier molecular flexibility index (Phi) is 4.88. The molecule has 2 rings (SSSR count). The molecule has 1 spiro atoms. The molecule has 1 saturated heterocycles. The maximum Gasteiger partial charge on any atom is 0.407 e. The first-order chi connectivity index (χ1) is 10.1. The molecule has 0 radical (unpaired) electrons. The van der Waals surface area contributed by atoms with Crippen LogP contribution in [-0.4, -0.2) is 50.4 Å². The first-order valence-corrected chi connectivity index (χ1v) is 9.02. The molecule has 5 nitrogen and oxygen atoms in total. The summed E-state index contributed by atoms with van der Waals surface area (Å²) in [6.07, 6.45) is 0.0235. The highest BCUT2D eigenvalue weighted by Crippen LogP contribution is 2.50. The molecule has 1 aliphatic carbocycles. The molecule has 0 aromatic carbocycles. The lowest BCUT2D eigenvalue weighted by atomic mass is 9.74. The summed E-state index contributed by atoms with van der Waals surface area (Å²) in [7, 11) is -1.33. The summed E-state index contributed by atoms with van der Waals surface area (Å²) in [4.78, 5) is 12.5. The number of hydrogen-bond acceptors (Lipinski definition) is 2. The summed E-state index contributed by atoms with van der Waals surface area (Å²) in [5, 5.41) is 9.08. The molecule has 4 atom stereocenters. The van der Waals surface area contributed by atoms with Crippen LogP contribution in [0, 0.1) is 11.3 Å². The van der Waals surface area contributed by atoms with E-state index in [1.807, 2.05) is 27.7 Å². The van der Waals surface area contributed by atoms with Crippen molar-refractivity contribution < 1.29 is 18.5 Å². The van der Waals surface area contributed by atoms with Crippen molar-refractivity contribution in [2.24, 2.45) is 11.3 Å². The van der Waals surface area contributed by atoms with Crippen molar-refractivity contribution in [2.75, 3.05) is 13.1 Å². The van der Waals surface area contributed by atoms with Crippen LogP contribution in [0.1, 0.15) is 47.0 Å². The summed E-state index contributed by atoms with van der Waals surface area (Å²) in [6, 6.07) is -0.460. The van der Waals surface area contributed by atoms with Gasteiger partial charge in [-0.1, -0.05) is 6.92 Å². The number of carbonyl (C=O) groups is 1. The number of likely N-dealkylation sites (tertiary alicyclic amines) is 1. The fourth-order valence-electron chi connectivity index (χ4n) is 3.69. The van der Waals surface area contributed by atoms with E-state index in [1.165, 1.54) is 4.90 Å². The predicted molar refractivity (Wildman–Crippen MR) is 84.8 cm³/mol. The quantitative estimate of drug-likeness (QED) is 0.815. The van der Waals surface area contributed by atoms with Gasteiger partial charge in [-0.3, -0.25) is 0 Å². The maximum absolute atomic E-state index is 14.7. The van der Waals surface area contributed by atoms with Gasteiger partial charge in [0.1, 0.15) is 6.17 Å². The summed E-state index contributed by atoms with van der Waals surface area (Å²) in [5.74, 6) is -0.0918. The van der Waals surface area contributed by atoms with Crippen LogP contribution >= 0.6 is 0 Å². The Balaban J connectivity index is 2.15. The smallest absolute Gasteiger partial charge is 0.407 e. The third-order valence-electron chi connectivity index (χ3n) is 5.07. The van der Waals surface area contributed by atoms with Crippen molar-refractivity contribution in [3.05, 3.63) is 0 Å². The van der Waals surface area contributed by atoms with Crippen molar-refractivity contribution >= 4 is 17.1 Å². The van der Waals surface area contributed by atoms with E-state index in [1.54, 1.807) is 0 Å². The SMILES string of the molecule is C[C@@H]1CC2(CCN(C(=O)O)CC2)[C@H](NS(=O)C(C)(C)C)[C@@H]1F. The molecule has 0 aromatic heterocycles. The molecule has 0 bridgehead atoms. The lowest BCUT2D eigenvalue weighted by Crippen LogP contribution is -2.54. The second-order valence-corrected chi connectivity index (χ2v) is 9.73. The number of alkyl halides is 1. The van der Waals surface area contributed by atoms with Crippen molar-refractivity contribution in [3.63, 3.8) is 0 Å². The molecule has 1 aliphatic heterocycles. The fourth-order valence-corrected chi connectivity index (χ4v) is 4.65. The normalized spacial score (nSPS) is 33.1. The monoisotopic (exact) mass is 334 g/mol. The van der Waals surface area contributed by atoms with E-state index in [9.17, 15) is 13.4 Å². The van der Waals surface area contributed by atoms with Crippen LogP contribution in [0.25, 0.3) is 0 Å². The minimum Gasteiger partial charge on any atom is -0.465 e. The largest absolute Gasteiger partial charge is 0.465 e. The minimum absolute atomic E-state index is 0.0918. The Bertz CT molecular complexity index is 458. The number of nitrogens with one attached hydrogen (secondary N) is 1. The van der Waals surface area contributed by atoms with Gasteiger partial charge in [0, 0.05) is 13.1 Å². The predicted octanol–water partition coefficient (Wildman–Crippen LogP) is 2.54. The minimum atomic E-state index is -1.33. The van der Waals surface area contributed by atoms with Gasteiger partial charge >= 0.3 is 6.09 Å². The molecule has 1 amide bonds. The van der Waals surface area contributed by atoms with E-state index in [0.717, 1.165) is 6.42 Å². The molecule has 2 aliphatic rings. The number of halogens is 1.